The molecule has 0 aliphatic heterocycles. The maximum atomic E-state index is 11.0. The number of H-pyrrole nitrogens is 1. The Morgan fingerprint density at radius 3 is 2.67 bits per heavy atom. The van der Waals surface area contributed by atoms with Gasteiger partial charge in [0.2, 0.25) is 0 Å². The van der Waals surface area contributed by atoms with E-state index < -0.39 is 5.91 Å². The Morgan fingerprint density at radius 1 is 1.15 bits per heavy atom. The second-order valence-corrected chi connectivity index (χ2v) is 6.69. The molecular weight excluding hydrogens is 338 g/mol. The van der Waals surface area contributed by atoms with Gasteiger partial charge in [-0.25, -0.2) is 5.48 Å². The summed E-state index contributed by atoms with van der Waals surface area (Å²) in [5.41, 5.74) is 8.81. The molecule has 0 atom stereocenters. The zero-order chi connectivity index (χ0) is 19.2. The minimum absolute atomic E-state index is 0.538. The second-order valence-electron chi connectivity index (χ2n) is 6.69. The molecule has 0 aliphatic carbocycles. The number of carbonyl (C=O) groups excluding carboxylic acids is 1. The van der Waals surface area contributed by atoms with E-state index in [9.17, 15) is 4.79 Å². The summed E-state index contributed by atoms with van der Waals surface area (Å²) in [6.45, 7) is 5.99. The number of nitrogens with one attached hydrogen (secondary N) is 3. The summed E-state index contributed by atoms with van der Waals surface area (Å²) < 4.78 is 0. The number of aryl methyl sites for hydroxylation is 2. The van der Waals surface area contributed by atoms with Crippen LogP contribution in [0.15, 0.2) is 48.5 Å². The first-order valence-electron chi connectivity index (χ1n) is 9.07. The fourth-order valence-corrected chi connectivity index (χ4v) is 3.25. The lowest BCUT2D eigenvalue weighted by molar-refractivity contribution is -0.124. The Balaban J connectivity index is 1.53. The highest BCUT2D eigenvalue weighted by molar-refractivity contribution is 5.90. The molecule has 3 aromatic rings. The van der Waals surface area contributed by atoms with E-state index in [0.717, 1.165) is 25.1 Å². The molecule has 0 saturated carbocycles. The van der Waals surface area contributed by atoms with Crippen molar-refractivity contribution in [3.05, 3.63) is 76.5 Å². The molecule has 3 rings (SSSR count). The fourth-order valence-electron chi connectivity index (χ4n) is 3.25. The molecular formula is C22H25N3O2. The number of fused-ring (bicyclic) bond motifs is 1. The Hall–Kier alpha value is -2.89. The van der Waals surface area contributed by atoms with Crippen LogP contribution in [0.2, 0.25) is 0 Å². The third kappa shape index (κ3) is 4.64. The molecule has 1 amide bonds. The molecule has 0 unspecified atom stereocenters. The van der Waals surface area contributed by atoms with Crippen LogP contribution in [0.3, 0.4) is 0 Å². The highest BCUT2D eigenvalue weighted by Crippen LogP contribution is 2.25. The van der Waals surface area contributed by atoms with Gasteiger partial charge < -0.3 is 10.3 Å². The number of hydroxylamine groups is 1. The van der Waals surface area contributed by atoms with E-state index in [1.54, 1.807) is 11.6 Å². The Morgan fingerprint density at radius 2 is 1.93 bits per heavy atom. The second kappa shape index (κ2) is 8.66. The number of amides is 1. The lowest BCUT2D eigenvalue weighted by atomic mass is 10.0. The van der Waals surface area contributed by atoms with E-state index in [0.29, 0.717) is 0 Å². The molecule has 27 heavy (non-hydrogen) atoms. The van der Waals surface area contributed by atoms with Crippen LogP contribution in [0.4, 0.5) is 0 Å². The molecule has 0 saturated heterocycles. The van der Waals surface area contributed by atoms with Crippen LogP contribution in [0, 0.1) is 13.8 Å². The lowest BCUT2D eigenvalue weighted by Crippen LogP contribution is -2.16. The zero-order valence-electron chi connectivity index (χ0n) is 15.7. The van der Waals surface area contributed by atoms with Crippen molar-refractivity contribution in [1.82, 2.24) is 15.8 Å². The van der Waals surface area contributed by atoms with Gasteiger partial charge in [-0.3, -0.25) is 10.0 Å². The van der Waals surface area contributed by atoms with E-state index in [2.05, 4.69) is 42.3 Å². The van der Waals surface area contributed by atoms with Gasteiger partial charge in [-0.1, -0.05) is 36.4 Å². The highest BCUT2D eigenvalue weighted by Gasteiger charge is 2.08. The summed E-state index contributed by atoms with van der Waals surface area (Å²) >= 11 is 0. The molecule has 2 aromatic carbocycles. The van der Waals surface area contributed by atoms with E-state index in [-0.39, 0.29) is 0 Å². The first-order valence-corrected chi connectivity index (χ1v) is 9.07. The molecule has 1 aromatic heterocycles. The number of rotatable bonds is 7. The molecule has 4 N–H and O–H groups in total. The molecule has 0 fully saturated rings. The lowest BCUT2D eigenvalue weighted by Gasteiger charge is -2.07. The summed E-state index contributed by atoms with van der Waals surface area (Å²) in [6.07, 6.45) is 3.93. The summed E-state index contributed by atoms with van der Waals surface area (Å²) in [5.74, 6) is -0.538. The largest absolute Gasteiger partial charge is 0.358 e. The Labute approximate surface area is 159 Å². The smallest absolute Gasteiger partial charge is 0.267 e. The topological polar surface area (TPSA) is 77.2 Å². The highest BCUT2D eigenvalue weighted by atomic mass is 16.5. The summed E-state index contributed by atoms with van der Waals surface area (Å²) in [5, 5.41) is 13.3. The zero-order valence-corrected chi connectivity index (χ0v) is 15.7. The molecule has 0 radical (unpaired) electrons. The van der Waals surface area contributed by atoms with Crippen molar-refractivity contribution >= 4 is 22.9 Å². The van der Waals surface area contributed by atoms with Crippen LogP contribution in [-0.2, 0) is 17.8 Å². The van der Waals surface area contributed by atoms with Crippen molar-refractivity contribution in [3.63, 3.8) is 0 Å². The van der Waals surface area contributed by atoms with E-state index in [1.165, 1.54) is 39.4 Å². The number of carbonyl (C=O) groups is 1. The van der Waals surface area contributed by atoms with Crippen LogP contribution in [0.25, 0.3) is 17.0 Å². The van der Waals surface area contributed by atoms with Crippen LogP contribution in [0.5, 0.6) is 0 Å². The fraction of sp³-hybridized carbons (Fsp3) is 0.227. The van der Waals surface area contributed by atoms with Crippen LogP contribution >= 0.6 is 0 Å². The van der Waals surface area contributed by atoms with Gasteiger partial charge in [0.25, 0.3) is 5.91 Å². The van der Waals surface area contributed by atoms with Gasteiger partial charge in [-0.05, 0) is 61.2 Å². The standard InChI is InChI=1S/C22H25N3O2/c1-15-16(2)24-20-5-3-4-19(22(15)20)12-13-23-14-18-8-6-17(7-9-18)10-11-21(26)25-27/h3-11,23-24,27H,12-14H2,1-2H3,(H,25,26)/b11-10+. The Kier molecular flexibility index (Phi) is 6.06. The Bertz CT molecular complexity index is 956. The summed E-state index contributed by atoms with van der Waals surface area (Å²) in [6, 6.07) is 14.4. The number of hydrogen-bond acceptors (Lipinski definition) is 3. The molecule has 5 nitrogen and oxygen atoms in total. The number of hydrogen-bond donors (Lipinski definition) is 4. The van der Waals surface area contributed by atoms with Gasteiger partial charge in [0, 0.05) is 29.2 Å². The minimum Gasteiger partial charge on any atom is -0.358 e. The average Bonchev–Trinajstić information content (AvgIpc) is 2.98. The normalized spacial score (nSPS) is 11.4. The molecule has 140 valence electrons. The van der Waals surface area contributed by atoms with Crippen LogP contribution in [0.1, 0.15) is 27.9 Å². The van der Waals surface area contributed by atoms with Crippen molar-refractivity contribution < 1.29 is 10.0 Å². The van der Waals surface area contributed by atoms with E-state index >= 15 is 0 Å². The molecule has 0 aliphatic rings. The van der Waals surface area contributed by atoms with Crippen LogP contribution < -0.4 is 10.8 Å². The van der Waals surface area contributed by atoms with Gasteiger partial charge in [-0.15, -0.1) is 0 Å². The van der Waals surface area contributed by atoms with Gasteiger partial charge in [0.15, 0.2) is 0 Å². The first-order chi connectivity index (χ1) is 13.1. The third-order valence-electron chi connectivity index (χ3n) is 4.83. The van der Waals surface area contributed by atoms with Gasteiger partial charge in [0.1, 0.15) is 0 Å². The van der Waals surface area contributed by atoms with Gasteiger partial charge in [0.05, 0.1) is 0 Å². The maximum absolute atomic E-state index is 11.0. The molecule has 0 spiro atoms. The van der Waals surface area contributed by atoms with Crippen molar-refractivity contribution in [1.29, 1.82) is 0 Å². The molecule has 0 bridgehead atoms. The number of aromatic nitrogens is 1. The summed E-state index contributed by atoms with van der Waals surface area (Å²) in [4.78, 5) is 14.4. The van der Waals surface area contributed by atoms with Crippen molar-refractivity contribution in [2.24, 2.45) is 0 Å². The SMILES string of the molecule is Cc1[nH]c2cccc(CCNCc3ccc(/C=C/C(=O)NO)cc3)c2c1C. The monoisotopic (exact) mass is 363 g/mol. The summed E-state index contributed by atoms with van der Waals surface area (Å²) in [7, 11) is 0. The van der Waals surface area contributed by atoms with Crippen molar-refractivity contribution in [2.45, 2.75) is 26.8 Å². The molecule has 1 heterocycles. The number of aromatic amines is 1. The van der Waals surface area contributed by atoms with E-state index in [4.69, 9.17) is 5.21 Å². The van der Waals surface area contributed by atoms with Gasteiger partial charge in [-0.2, -0.15) is 0 Å². The first kappa shape index (κ1) is 18.9. The predicted molar refractivity (Wildman–Crippen MR) is 109 cm³/mol. The predicted octanol–water partition coefficient (Wildman–Crippen LogP) is 3.64. The van der Waals surface area contributed by atoms with E-state index in [1.807, 2.05) is 24.3 Å². The minimum atomic E-state index is -0.538. The van der Waals surface area contributed by atoms with Crippen molar-refractivity contribution in [3.8, 4) is 0 Å². The quantitative estimate of drug-likeness (QED) is 0.224. The number of benzene rings is 2. The molecule has 5 heteroatoms. The van der Waals surface area contributed by atoms with Crippen molar-refractivity contribution in [2.75, 3.05) is 6.54 Å². The average molecular weight is 363 g/mol. The van der Waals surface area contributed by atoms with Gasteiger partial charge >= 0.3 is 0 Å². The maximum Gasteiger partial charge on any atom is 0.267 e. The third-order valence-corrected chi connectivity index (χ3v) is 4.83. The van der Waals surface area contributed by atoms with Crippen LogP contribution in [-0.4, -0.2) is 22.6 Å².